The Morgan fingerprint density at radius 3 is 2.54 bits per heavy atom. The Bertz CT molecular complexity index is 1220. The number of aromatic nitrogens is 2. The van der Waals surface area contributed by atoms with Crippen LogP contribution < -0.4 is 15.0 Å². The molecule has 1 N–H and O–H groups in total. The third-order valence-corrected chi connectivity index (χ3v) is 7.75. The predicted octanol–water partition coefficient (Wildman–Crippen LogP) is 5.65. The smallest absolute Gasteiger partial charge is 0.230 e. The summed E-state index contributed by atoms with van der Waals surface area (Å²) in [4.78, 5) is 15.3. The number of aryl methyl sites for hydroxylation is 1. The van der Waals surface area contributed by atoms with Gasteiger partial charge in [0.1, 0.15) is 11.5 Å². The van der Waals surface area contributed by atoms with Gasteiger partial charge in [0.2, 0.25) is 5.91 Å². The monoisotopic (exact) mass is 470 g/mol. The van der Waals surface area contributed by atoms with E-state index in [-0.39, 0.29) is 17.9 Å². The largest absolute Gasteiger partial charge is 0.456 e. The lowest BCUT2D eigenvalue weighted by Crippen LogP contribution is -2.43. The number of fused-ring (bicyclic) bond motifs is 1. The van der Waals surface area contributed by atoms with Gasteiger partial charge in [-0.05, 0) is 89.7 Å². The Hall–Kier alpha value is -3.12. The molecule has 2 fully saturated rings. The van der Waals surface area contributed by atoms with E-state index in [1.807, 2.05) is 23.2 Å². The summed E-state index contributed by atoms with van der Waals surface area (Å²) in [6.07, 6.45) is 10.2. The SMILES string of the molecule is Cc1ccc(Oc2c(-c3cnn(C4CCNCC4)c3)ccc3c2CC[C@H](C)N3C(=O)C2CC2)cc1. The minimum Gasteiger partial charge on any atom is -0.456 e. The maximum Gasteiger partial charge on any atom is 0.230 e. The van der Waals surface area contributed by atoms with E-state index in [4.69, 9.17) is 9.84 Å². The van der Waals surface area contributed by atoms with Gasteiger partial charge in [0.05, 0.1) is 17.9 Å². The zero-order chi connectivity index (χ0) is 23.9. The zero-order valence-electron chi connectivity index (χ0n) is 20.7. The molecule has 1 amide bonds. The molecule has 1 saturated heterocycles. The Morgan fingerprint density at radius 1 is 1.03 bits per heavy atom. The number of hydrogen-bond acceptors (Lipinski definition) is 4. The van der Waals surface area contributed by atoms with Crippen molar-refractivity contribution >= 4 is 11.6 Å². The van der Waals surface area contributed by atoms with E-state index < -0.39 is 0 Å². The van der Waals surface area contributed by atoms with Gasteiger partial charge in [0.25, 0.3) is 0 Å². The lowest BCUT2D eigenvalue weighted by Gasteiger charge is -2.36. The lowest BCUT2D eigenvalue weighted by atomic mass is 9.92. The first kappa shape index (κ1) is 22.4. The highest BCUT2D eigenvalue weighted by Gasteiger charge is 2.39. The van der Waals surface area contributed by atoms with Crippen molar-refractivity contribution < 1.29 is 9.53 Å². The molecule has 1 aromatic heterocycles. The minimum atomic E-state index is 0.188. The van der Waals surface area contributed by atoms with Crippen LogP contribution in [-0.4, -0.2) is 34.8 Å². The first-order valence-electron chi connectivity index (χ1n) is 13.1. The average Bonchev–Trinajstić information content (AvgIpc) is 3.62. The predicted molar refractivity (Wildman–Crippen MR) is 138 cm³/mol. The highest BCUT2D eigenvalue weighted by Crippen LogP contribution is 2.46. The van der Waals surface area contributed by atoms with Crippen molar-refractivity contribution in [2.45, 2.75) is 64.5 Å². The Labute approximate surface area is 207 Å². The molecular weight excluding hydrogens is 436 g/mol. The molecule has 3 aromatic rings. The van der Waals surface area contributed by atoms with Gasteiger partial charge in [-0.15, -0.1) is 0 Å². The highest BCUT2D eigenvalue weighted by molar-refractivity contribution is 5.99. The van der Waals surface area contributed by atoms with Crippen LogP contribution in [-0.2, 0) is 11.2 Å². The molecular formula is C29H34N4O2. The summed E-state index contributed by atoms with van der Waals surface area (Å²) in [5.74, 6) is 2.13. The van der Waals surface area contributed by atoms with E-state index in [0.29, 0.717) is 6.04 Å². The standard InChI is InChI=1S/C29H34N4O2/c1-19-3-8-24(9-4-19)35-28-25(22-17-31-32(18-22)23-13-15-30-16-14-23)11-12-27-26(28)10-5-20(2)33(27)29(34)21-6-7-21/h3-4,8-9,11-12,17-18,20-21,23,30H,5-7,10,13-16H2,1-2H3/t20-/m0/s1. The number of benzene rings is 2. The lowest BCUT2D eigenvalue weighted by molar-refractivity contribution is -0.120. The number of carbonyl (C=O) groups excluding carboxylic acids is 1. The van der Waals surface area contributed by atoms with Crippen molar-refractivity contribution in [3.8, 4) is 22.6 Å². The highest BCUT2D eigenvalue weighted by atomic mass is 16.5. The normalized spacial score (nSPS) is 20.5. The second-order valence-electron chi connectivity index (χ2n) is 10.4. The van der Waals surface area contributed by atoms with Crippen LogP contribution in [0.15, 0.2) is 48.8 Å². The molecule has 2 aliphatic heterocycles. The number of nitrogens with zero attached hydrogens (tertiary/aromatic N) is 3. The van der Waals surface area contributed by atoms with Gasteiger partial charge in [-0.1, -0.05) is 17.7 Å². The number of piperidine rings is 1. The molecule has 0 radical (unpaired) electrons. The molecule has 35 heavy (non-hydrogen) atoms. The first-order chi connectivity index (χ1) is 17.1. The van der Waals surface area contributed by atoms with Crippen LogP contribution in [0.1, 0.15) is 56.2 Å². The molecule has 3 aliphatic rings. The number of nitrogens with one attached hydrogen (secondary N) is 1. The Balaban J connectivity index is 1.43. The van der Waals surface area contributed by atoms with Crippen LogP contribution in [0.5, 0.6) is 11.5 Å². The summed E-state index contributed by atoms with van der Waals surface area (Å²) in [5.41, 5.74) is 5.44. The topological polar surface area (TPSA) is 59.4 Å². The van der Waals surface area contributed by atoms with E-state index in [1.165, 1.54) is 5.56 Å². The molecule has 1 atom stereocenters. The van der Waals surface area contributed by atoms with Gasteiger partial charge >= 0.3 is 0 Å². The maximum absolute atomic E-state index is 13.2. The minimum absolute atomic E-state index is 0.188. The average molecular weight is 471 g/mol. The van der Waals surface area contributed by atoms with Gasteiger partial charge in [0.15, 0.2) is 0 Å². The van der Waals surface area contributed by atoms with Crippen LogP contribution >= 0.6 is 0 Å². The summed E-state index contributed by atoms with van der Waals surface area (Å²) >= 11 is 0. The molecule has 0 spiro atoms. The number of anilines is 1. The quantitative estimate of drug-likeness (QED) is 0.523. The van der Waals surface area contributed by atoms with Crippen molar-refractivity contribution in [1.29, 1.82) is 0 Å². The van der Waals surface area contributed by atoms with E-state index in [0.717, 1.165) is 85.5 Å². The molecule has 3 heterocycles. The number of hydrogen-bond donors (Lipinski definition) is 1. The van der Waals surface area contributed by atoms with Crippen LogP contribution in [0.3, 0.4) is 0 Å². The zero-order valence-corrected chi connectivity index (χ0v) is 20.7. The summed E-state index contributed by atoms with van der Waals surface area (Å²) < 4.78 is 8.75. The second-order valence-corrected chi connectivity index (χ2v) is 10.4. The summed E-state index contributed by atoms with van der Waals surface area (Å²) in [7, 11) is 0. The van der Waals surface area contributed by atoms with Gasteiger partial charge < -0.3 is 15.0 Å². The van der Waals surface area contributed by atoms with Crippen LogP contribution in [0.2, 0.25) is 0 Å². The fourth-order valence-electron chi connectivity index (χ4n) is 5.48. The van der Waals surface area contributed by atoms with Crippen molar-refractivity contribution in [1.82, 2.24) is 15.1 Å². The third kappa shape index (κ3) is 4.36. The Kier molecular flexibility index (Phi) is 5.85. The second kappa shape index (κ2) is 9.15. The van der Waals surface area contributed by atoms with E-state index >= 15 is 0 Å². The van der Waals surface area contributed by atoms with Gasteiger partial charge in [-0.2, -0.15) is 5.10 Å². The van der Waals surface area contributed by atoms with Crippen LogP contribution in [0, 0.1) is 12.8 Å². The van der Waals surface area contributed by atoms with E-state index in [9.17, 15) is 4.79 Å². The molecule has 0 unspecified atom stereocenters. The van der Waals surface area contributed by atoms with Crippen molar-refractivity contribution in [2.24, 2.45) is 5.92 Å². The molecule has 6 rings (SSSR count). The summed E-state index contributed by atoms with van der Waals surface area (Å²) in [6, 6.07) is 13.1. The van der Waals surface area contributed by atoms with Gasteiger partial charge in [0, 0.05) is 34.8 Å². The van der Waals surface area contributed by atoms with Crippen LogP contribution in [0.25, 0.3) is 11.1 Å². The van der Waals surface area contributed by atoms with Gasteiger partial charge in [-0.3, -0.25) is 9.48 Å². The van der Waals surface area contributed by atoms with Crippen LogP contribution in [0.4, 0.5) is 5.69 Å². The molecule has 1 saturated carbocycles. The van der Waals surface area contributed by atoms with Crippen molar-refractivity contribution in [3.05, 3.63) is 59.9 Å². The Morgan fingerprint density at radius 2 is 1.80 bits per heavy atom. The first-order valence-corrected chi connectivity index (χ1v) is 13.1. The fourth-order valence-corrected chi connectivity index (χ4v) is 5.48. The maximum atomic E-state index is 13.2. The summed E-state index contributed by atoms with van der Waals surface area (Å²) in [6.45, 7) is 6.31. The van der Waals surface area contributed by atoms with E-state index in [2.05, 4.69) is 54.3 Å². The molecule has 6 nitrogen and oxygen atoms in total. The fraction of sp³-hybridized carbons (Fsp3) is 0.448. The number of amides is 1. The number of carbonyl (C=O) groups is 1. The molecule has 6 heteroatoms. The summed E-state index contributed by atoms with van der Waals surface area (Å²) in [5, 5.41) is 8.18. The number of rotatable bonds is 5. The molecule has 1 aliphatic carbocycles. The number of ether oxygens (including phenoxy) is 1. The molecule has 2 aromatic carbocycles. The molecule has 182 valence electrons. The third-order valence-electron chi connectivity index (χ3n) is 7.75. The van der Waals surface area contributed by atoms with E-state index in [1.54, 1.807) is 0 Å². The van der Waals surface area contributed by atoms with Crippen molar-refractivity contribution in [2.75, 3.05) is 18.0 Å². The molecule has 0 bridgehead atoms. The van der Waals surface area contributed by atoms with Crippen molar-refractivity contribution in [3.63, 3.8) is 0 Å². The van der Waals surface area contributed by atoms with Gasteiger partial charge in [-0.25, -0.2) is 0 Å².